The highest BCUT2D eigenvalue weighted by atomic mass is 16.5. The van der Waals surface area contributed by atoms with E-state index >= 15 is 0 Å². The van der Waals surface area contributed by atoms with Crippen LogP contribution in [-0.4, -0.2) is 34.0 Å². The summed E-state index contributed by atoms with van der Waals surface area (Å²) < 4.78 is 5.91. The largest absolute Gasteiger partial charge is 0.390 e. The molecule has 0 unspecified atom stereocenters. The Morgan fingerprint density at radius 2 is 2.11 bits per heavy atom. The number of carbonyl (C=O) groups is 2. The van der Waals surface area contributed by atoms with Crippen molar-refractivity contribution in [3.8, 4) is 0 Å². The molecule has 19 heavy (non-hydrogen) atoms. The number of hydrogen-bond donors (Lipinski definition) is 1. The van der Waals surface area contributed by atoms with Crippen LogP contribution in [0.3, 0.4) is 0 Å². The summed E-state index contributed by atoms with van der Waals surface area (Å²) in [6.45, 7) is 8.83. The SMILES string of the molecule is C=C[C@@H]1C[C@H](O)C(C)(C)O[C@@]12CC(=O)C(C)=CC2=O. The highest BCUT2D eigenvalue weighted by Crippen LogP contribution is 2.45. The van der Waals surface area contributed by atoms with Gasteiger partial charge in [-0.25, -0.2) is 0 Å². The summed E-state index contributed by atoms with van der Waals surface area (Å²) in [6, 6.07) is 0. The van der Waals surface area contributed by atoms with Crippen LogP contribution in [0.1, 0.15) is 33.6 Å². The van der Waals surface area contributed by atoms with Crippen molar-refractivity contribution < 1.29 is 19.4 Å². The van der Waals surface area contributed by atoms with E-state index in [1.54, 1.807) is 26.8 Å². The summed E-state index contributed by atoms with van der Waals surface area (Å²) in [7, 11) is 0. The third-order valence-corrected chi connectivity index (χ3v) is 4.24. The van der Waals surface area contributed by atoms with Gasteiger partial charge in [-0.15, -0.1) is 6.58 Å². The number of aliphatic hydroxyl groups is 1. The molecule has 0 aromatic carbocycles. The van der Waals surface area contributed by atoms with Gasteiger partial charge in [0.2, 0.25) is 0 Å². The minimum atomic E-state index is -1.19. The fourth-order valence-corrected chi connectivity index (χ4v) is 2.88. The van der Waals surface area contributed by atoms with Crippen LogP contribution >= 0.6 is 0 Å². The van der Waals surface area contributed by atoms with Crippen molar-refractivity contribution in [3.63, 3.8) is 0 Å². The predicted molar refractivity (Wildman–Crippen MR) is 70.6 cm³/mol. The van der Waals surface area contributed by atoms with Crippen LogP contribution in [-0.2, 0) is 14.3 Å². The van der Waals surface area contributed by atoms with Crippen molar-refractivity contribution in [2.75, 3.05) is 0 Å². The molecule has 1 fully saturated rings. The topological polar surface area (TPSA) is 63.6 Å². The molecule has 0 saturated carbocycles. The van der Waals surface area contributed by atoms with Crippen LogP contribution in [0.5, 0.6) is 0 Å². The maximum absolute atomic E-state index is 12.4. The average Bonchev–Trinajstić information content (AvgIpc) is 2.31. The third-order valence-electron chi connectivity index (χ3n) is 4.24. The maximum atomic E-state index is 12.4. The Morgan fingerprint density at radius 1 is 1.47 bits per heavy atom. The van der Waals surface area contributed by atoms with E-state index in [9.17, 15) is 14.7 Å². The number of allylic oxidation sites excluding steroid dienone is 1. The van der Waals surface area contributed by atoms with E-state index in [1.165, 1.54) is 6.08 Å². The summed E-state index contributed by atoms with van der Waals surface area (Å²) in [6.07, 6.45) is 2.69. The van der Waals surface area contributed by atoms with E-state index in [4.69, 9.17) is 4.74 Å². The lowest BCUT2D eigenvalue weighted by atomic mass is 9.69. The van der Waals surface area contributed by atoms with Gasteiger partial charge in [-0.1, -0.05) is 6.08 Å². The Bertz CT molecular complexity index is 475. The molecule has 4 nitrogen and oxygen atoms in total. The minimum absolute atomic E-state index is 0.0288. The number of ether oxygens (including phenoxy) is 1. The average molecular weight is 264 g/mol. The fraction of sp³-hybridized carbons (Fsp3) is 0.600. The van der Waals surface area contributed by atoms with Crippen molar-refractivity contribution >= 4 is 11.6 Å². The van der Waals surface area contributed by atoms with E-state index in [2.05, 4.69) is 6.58 Å². The lowest BCUT2D eigenvalue weighted by molar-refractivity contribution is -0.231. The Morgan fingerprint density at radius 3 is 2.68 bits per heavy atom. The zero-order chi connectivity index (χ0) is 14.4. The first kappa shape index (κ1) is 14.2. The number of carbonyl (C=O) groups excluding carboxylic acids is 2. The second-order valence-electron chi connectivity index (χ2n) is 5.98. The zero-order valence-electron chi connectivity index (χ0n) is 11.6. The third kappa shape index (κ3) is 2.09. The molecule has 2 rings (SSSR count). The van der Waals surface area contributed by atoms with Gasteiger partial charge in [0.05, 0.1) is 11.7 Å². The molecule has 1 N–H and O–H groups in total. The Kier molecular flexibility index (Phi) is 3.27. The van der Waals surface area contributed by atoms with Gasteiger partial charge in [0, 0.05) is 12.3 Å². The summed E-state index contributed by atoms with van der Waals surface area (Å²) in [5, 5.41) is 10.1. The molecule has 0 amide bonds. The van der Waals surface area contributed by atoms with Gasteiger partial charge in [-0.05, 0) is 38.8 Å². The molecule has 0 bridgehead atoms. The molecule has 1 spiro atoms. The Balaban J connectivity index is 2.48. The van der Waals surface area contributed by atoms with Crippen molar-refractivity contribution in [1.82, 2.24) is 0 Å². The van der Waals surface area contributed by atoms with Crippen LogP contribution in [0.4, 0.5) is 0 Å². The smallest absolute Gasteiger partial charge is 0.188 e. The predicted octanol–water partition coefficient (Wildman–Crippen LogP) is 1.58. The number of rotatable bonds is 1. The van der Waals surface area contributed by atoms with Crippen molar-refractivity contribution in [2.45, 2.75) is 50.9 Å². The first-order chi connectivity index (χ1) is 8.73. The van der Waals surface area contributed by atoms with E-state index in [0.29, 0.717) is 12.0 Å². The first-order valence-corrected chi connectivity index (χ1v) is 6.49. The molecule has 0 aromatic heterocycles. The molecular formula is C15H20O4. The van der Waals surface area contributed by atoms with Gasteiger partial charge in [-0.3, -0.25) is 9.59 Å². The molecule has 4 heteroatoms. The normalized spacial score (nSPS) is 38.2. The van der Waals surface area contributed by atoms with Gasteiger partial charge in [-0.2, -0.15) is 0 Å². The van der Waals surface area contributed by atoms with Crippen LogP contribution in [0, 0.1) is 5.92 Å². The van der Waals surface area contributed by atoms with Crippen LogP contribution in [0.25, 0.3) is 0 Å². The Labute approximate surface area is 113 Å². The van der Waals surface area contributed by atoms with E-state index in [0.717, 1.165) is 0 Å². The number of aliphatic hydroxyl groups excluding tert-OH is 1. The first-order valence-electron chi connectivity index (χ1n) is 6.49. The monoisotopic (exact) mass is 264 g/mol. The van der Waals surface area contributed by atoms with E-state index in [-0.39, 0.29) is 23.9 Å². The highest BCUT2D eigenvalue weighted by Gasteiger charge is 2.56. The van der Waals surface area contributed by atoms with E-state index < -0.39 is 17.3 Å². The lowest BCUT2D eigenvalue weighted by Gasteiger charge is -2.51. The zero-order valence-corrected chi connectivity index (χ0v) is 11.6. The maximum Gasteiger partial charge on any atom is 0.188 e. The van der Waals surface area contributed by atoms with Crippen molar-refractivity contribution in [1.29, 1.82) is 0 Å². The van der Waals surface area contributed by atoms with Crippen molar-refractivity contribution in [3.05, 3.63) is 24.3 Å². The second-order valence-corrected chi connectivity index (χ2v) is 5.98. The highest BCUT2D eigenvalue weighted by molar-refractivity contribution is 6.12. The standard InChI is InChI=1S/C15H20O4/c1-5-10-7-12(17)14(3,4)19-15(10)8-11(16)9(2)6-13(15)18/h5-6,10,12,17H,1,7-8H2,2-4H3/t10-,12+,15+/m1/s1. The number of ketones is 2. The molecule has 1 saturated heterocycles. The molecule has 3 atom stereocenters. The van der Waals surface area contributed by atoms with Gasteiger partial charge < -0.3 is 9.84 Å². The summed E-state index contributed by atoms with van der Waals surface area (Å²) in [5.41, 5.74) is -1.58. The minimum Gasteiger partial charge on any atom is -0.390 e. The molecule has 0 radical (unpaired) electrons. The summed E-state index contributed by atoms with van der Waals surface area (Å²) in [4.78, 5) is 24.4. The molecule has 1 heterocycles. The van der Waals surface area contributed by atoms with Crippen molar-refractivity contribution in [2.24, 2.45) is 5.92 Å². The van der Waals surface area contributed by atoms with Crippen LogP contribution in [0.2, 0.25) is 0 Å². The van der Waals surface area contributed by atoms with Crippen LogP contribution < -0.4 is 0 Å². The number of hydrogen-bond acceptors (Lipinski definition) is 4. The lowest BCUT2D eigenvalue weighted by Crippen LogP contribution is -2.62. The molecule has 2 aliphatic rings. The van der Waals surface area contributed by atoms with Gasteiger partial charge in [0.25, 0.3) is 0 Å². The summed E-state index contributed by atoms with van der Waals surface area (Å²) >= 11 is 0. The number of Topliss-reactive ketones (excluding diaryl/α,β-unsaturated/α-hetero) is 1. The van der Waals surface area contributed by atoms with Gasteiger partial charge in [0.1, 0.15) is 5.60 Å². The quantitative estimate of drug-likeness (QED) is 0.730. The van der Waals surface area contributed by atoms with Crippen LogP contribution in [0.15, 0.2) is 24.3 Å². The second kappa shape index (κ2) is 4.39. The molecule has 1 aliphatic carbocycles. The molecule has 0 aromatic rings. The Hall–Kier alpha value is -1.26. The van der Waals surface area contributed by atoms with Gasteiger partial charge in [0.15, 0.2) is 11.6 Å². The summed E-state index contributed by atoms with van der Waals surface area (Å²) in [5.74, 6) is -0.635. The molecule has 104 valence electrons. The fourth-order valence-electron chi connectivity index (χ4n) is 2.88. The van der Waals surface area contributed by atoms with E-state index in [1.807, 2.05) is 0 Å². The van der Waals surface area contributed by atoms with Gasteiger partial charge >= 0.3 is 0 Å². The molecular weight excluding hydrogens is 244 g/mol. The molecule has 1 aliphatic heterocycles.